The maximum atomic E-state index is 12.2. The zero-order chi connectivity index (χ0) is 19.1. The molecule has 2 aromatic carbocycles. The van der Waals surface area contributed by atoms with Gasteiger partial charge in [0.15, 0.2) is 6.10 Å². The zero-order valence-electron chi connectivity index (χ0n) is 14.5. The van der Waals surface area contributed by atoms with E-state index in [-0.39, 0.29) is 12.5 Å². The van der Waals surface area contributed by atoms with Gasteiger partial charge in [0, 0.05) is 18.3 Å². The van der Waals surface area contributed by atoms with Gasteiger partial charge in [-0.3, -0.25) is 9.59 Å². The molecule has 0 radical (unpaired) electrons. The highest BCUT2D eigenvalue weighted by molar-refractivity contribution is 5.97. The minimum absolute atomic E-state index is 0.116. The van der Waals surface area contributed by atoms with Gasteiger partial charge in [-0.1, -0.05) is 12.1 Å². The first-order chi connectivity index (χ1) is 12.4. The fraction of sp³-hybridized carbons (Fsp3) is 0.211. The Morgan fingerprint density at radius 1 is 0.962 bits per heavy atom. The summed E-state index contributed by atoms with van der Waals surface area (Å²) in [5.74, 6) is -1.29. The van der Waals surface area contributed by atoms with Gasteiger partial charge in [0.1, 0.15) is 0 Å². The van der Waals surface area contributed by atoms with Gasteiger partial charge in [-0.05, 0) is 48.9 Å². The second kappa shape index (κ2) is 8.77. The van der Waals surface area contributed by atoms with Crippen molar-refractivity contribution in [2.75, 3.05) is 10.6 Å². The molecule has 0 heterocycles. The molecule has 1 atom stereocenters. The summed E-state index contributed by atoms with van der Waals surface area (Å²) in [6, 6.07) is 12.8. The van der Waals surface area contributed by atoms with Crippen LogP contribution in [0.1, 0.15) is 29.8 Å². The molecule has 2 amide bonds. The molecule has 7 heteroatoms. The molecule has 0 saturated carbocycles. The van der Waals surface area contributed by atoms with E-state index in [9.17, 15) is 14.4 Å². The number of carbonyl (C=O) groups is 3. The maximum absolute atomic E-state index is 12.2. The van der Waals surface area contributed by atoms with Crippen molar-refractivity contribution in [3.8, 4) is 0 Å². The highest BCUT2D eigenvalue weighted by Gasteiger charge is 2.19. The average molecular weight is 356 g/mol. The molecule has 0 unspecified atom stereocenters. The monoisotopic (exact) mass is 356 g/mol. The standard InChI is InChI=1S/C19H20N2O5/c1-12(26-19(25)15-5-3-14(11-22)4-6-15)18(24)21-17-9-7-16(8-10-17)20-13(2)23/h3-10,12,22H,11H2,1-2H3,(H,20,23)(H,21,24)/t12-/m1/s1. The Balaban J connectivity index is 1.91. The molecular formula is C19H20N2O5. The van der Waals surface area contributed by atoms with Crippen molar-refractivity contribution in [1.82, 2.24) is 0 Å². The minimum atomic E-state index is -0.991. The largest absolute Gasteiger partial charge is 0.449 e. The van der Waals surface area contributed by atoms with Crippen LogP contribution in [0.4, 0.5) is 11.4 Å². The summed E-state index contributed by atoms with van der Waals surface area (Å²) in [4.78, 5) is 35.2. The number of hydrogen-bond acceptors (Lipinski definition) is 5. The molecule has 2 rings (SSSR count). The molecule has 3 N–H and O–H groups in total. The molecule has 0 aliphatic rings. The molecule has 0 aliphatic carbocycles. The van der Waals surface area contributed by atoms with Crippen LogP contribution in [0.3, 0.4) is 0 Å². The van der Waals surface area contributed by atoms with E-state index >= 15 is 0 Å². The predicted octanol–water partition coefficient (Wildman–Crippen LogP) is 2.32. The smallest absolute Gasteiger partial charge is 0.338 e. The van der Waals surface area contributed by atoms with Crippen LogP contribution in [-0.4, -0.2) is 29.0 Å². The minimum Gasteiger partial charge on any atom is -0.449 e. The fourth-order valence-electron chi connectivity index (χ4n) is 2.11. The van der Waals surface area contributed by atoms with E-state index < -0.39 is 18.0 Å². The van der Waals surface area contributed by atoms with Gasteiger partial charge in [0.05, 0.1) is 12.2 Å². The Kier molecular flexibility index (Phi) is 6.46. The third-order valence-corrected chi connectivity index (χ3v) is 3.50. The van der Waals surface area contributed by atoms with Gasteiger partial charge in [-0.25, -0.2) is 4.79 Å². The molecule has 0 saturated heterocycles. The normalized spacial score (nSPS) is 11.3. The van der Waals surface area contributed by atoms with Crippen molar-refractivity contribution < 1.29 is 24.2 Å². The molecule has 0 bridgehead atoms. The second-order valence-corrected chi connectivity index (χ2v) is 5.65. The number of ether oxygens (including phenoxy) is 1. The number of aliphatic hydroxyl groups is 1. The summed E-state index contributed by atoms with van der Waals surface area (Å²) >= 11 is 0. The van der Waals surface area contributed by atoms with Crippen LogP contribution < -0.4 is 10.6 Å². The van der Waals surface area contributed by atoms with Crippen molar-refractivity contribution in [1.29, 1.82) is 0 Å². The number of anilines is 2. The highest BCUT2D eigenvalue weighted by Crippen LogP contribution is 2.14. The van der Waals surface area contributed by atoms with Crippen molar-refractivity contribution in [2.24, 2.45) is 0 Å². The van der Waals surface area contributed by atoms with Gasteiger partial charge in [-0.2, -0.15) is 0 Å². The average Bonchev–Trinajstić information content (AvgIpc) is 2.62. The van der Waals surface area contributed by atoms with E-state index in [1.165, 1.54) is 26.0 Å². The molecule has 26 heavy (non-hydrogen) atoms. The van der Waals surface area contributed by atoms with E-state index in [2.05, 4.69) is 10.6 Å². The molecule has 0 spiro atoms. The lowest BCUT2D eigenvalue weighted by atomic mass is 10.1. The van der Waals surface area contributed by atoms with Crippen LogP contribution in [0.15, 0.2) is 48.5 Å². The van der Waals surface area contributed by atoms with Gasteiger partial charge in [0.2, 0.25) is 5.91 Å². The third kappa shape index (κ3) is 5.42. The first kappa shape index (κ1) is 19.1. The van der Waals surface area contributed by atoms with E-state index in [0.717, 1.165) is 0 Å². The summed E-state index contributed by atoms with van der Waals surface area (Å²) in [6.45, 7) is 2.76. The Morgan fingerprint density at radius 3 is 2.00 bits per heavy atom. The molecule has 0 aromatic heterocycles. The van der Waals surface area contributed by atoms with Crippen LogP contribution in [0.2, 0.25) is 0 Å². The SMILES string of the molecule is CC(=O)Nc1ccc(NC(=O)[C@@H](C)OC(=O)c2ccc(CO)cc2)cc1. The van der Waals surface area contributed by atoms with Crippen molar-refractivity contribution >= 4 is 29.2 Å². The first-order valence-corrected chi connectivity index (χ1v) is 7.98. The summed E-state index contributed by atoms with van der Waals surface area (Å²) in [7, 11) is 0. The van der Waals surface area contributed by atoms with Crippen molar-refractivity contribution in [3.63, 3.8) is 0 Å². The summed E-state index contributed by atoms with van der Waals surface area (Å²) < 4.78 is 5.15. The fourth-order valence-corrected chi connectivity index (χ4v) is 2.11. The van der Waals surface area contributed by atoms with Crippen LogP contribution in [0.5, 0.6) is 0 Å². The Bertz CT molecular complexity index is 785. The molecule has 7 nitrogen and oxygen atoms in total. The first-order valence-electron chi connectivity index (χ1n) is 7.98. The predicted molar refractivity (Wildman–Crippen MR) is 96.6 cm³/mol. The van der Waals surface area contributed by atoms with Crippen LogP contribution in [-0.2, 0) is 20.9 Å². The number of esters is 1. The number of benzene rings is 2. The summed E-state index contributed by atoms with van der Waals surface area (Å²) in [6.07, 6.45) is -0.991. The van der Waals surface area contributed by atoms with Gasteiger partial charge < -0.3 is 20.5 Å². The molecule has 136 valence electrons. The van der Waals surface area contributed by atoms with Gasteiger partial charge in [-0.15, -0.1) is 0 Å². The number of amides is 2. The van der Waals surface area contributed by atoms with Gasteiger partial charge in [0.25, 0.3) is 5.91 Å². The number of aliphatic hydroxyl groups excluding tert-OH is 1. The Labute approximate surface area is 151 Å². The summed E-state index contributed by atoms with van der Waals surface area (Å²) in [5.41, 5.74) is 2.09. The van der Waals surface area contributed by atoms with Crippen molar-refractivity contribution in [2.45, 2.75) is 26.6 Å². The number of hydrogen-bond donors (Lipinski definition) is 3. The van der Waals surface area contributed by atoms with Gasteiger partial charge >= 0.3 is 5.97 Å². The van der Waals surface area contributed by atoms with Crippen LogP contribution >= 0.6 is 0 Å². The van der Waals surface area contributed by atoms with E-state index in [4.69, 9.17) is 9.84 Å². The van der Waals surface area contributed by atoms with E-state index in [1.807, 2.05) is 0 Å². The lowest BCUT2D eigenvalue weighted by molar-refractivity contribution is -0.123. The topological polar surface area (TPSA) is 105 Å². The van der Waals surface area contributed by atoms with E-state index in [1.54, 1.807) is 36.4 Å². The number of nitrogens with one attached hydrogen (secondary N) is 2. The quantitative estimate of drug-likeness (QED) is 0.689. The van der Waals surface area contributed by atoms with Crippen LogP contribution in [0, 0.1) is 0 Å². The maximum Gasteiger partial charge on any atom is 0.338 e. The highest BCUT2D eigenvalue weighted by atomic mass is 16.5. The van der Waals surface area contributed by atoms with Crippen LogP contribution in [0.25, 0.3) is 0 Å². The Morgan fingerprint density at radius 2 is 1.50 bits per heavy atom. The molecule has 0 aliphatic heterocycles. The number of rotatable bonds is 6. The lowest BCUT2D eigenvalue weighted by Crippen LogP contribution is -2.30. The molecule has 0 fully saturated rings. The Hall–Kier alpha value is -3.19. The van der Waals surface area contributed by atoms with Crippen molar-refractivity contribution in [3.05, 3.63) is 59.7 Å². The third-order valence-electron chi connectivity index (χ3n) is 3.50. The molecule has 2 aromatic rings. The van der Waals surface area contributed by atoms with E-state index in [0.29, 0.717) is 22.5 Å². The molecular weight excluding hydrogens is 336 g/mol. The summed E-state index contributed by atoms with van der Waals surface area (Å²) in [5, 5.41) is 14.3. The lowest BCUT2D eigenvalue weighted by Gasteiger charge is -2.14. The zero-order valence-corrected chi connectivity index (χ0v) is 14.5. The second-order valence-electron chi connectivity index (χ2n) is 5.65. The number of carbonyl (C=O) groups excluding carboxylic acids is 3.